The average Bonchev–Trinajstić information content (AvgIpc) is 2.25. The van der Waals surface area contributed by atoms with E-state index in [9.17, 15) is 0 Å². The number of nitrogens with two attached hydrogens (primary N) is 1. The van der Waals surface area contributed by atoms with Crippen LogP contribution in [0, 0.1) is 19.8 Å². The molecule has 90 valence electrons. The van der Waals surface area contributed by atoms with Crippen molar-refractivity contribution in [2.24, 2.45) is 5.92 Å². The molecule has 2 N–H and O–H groups in total. The van der Waals surface area contributed by atoms with Crippen molar-refractivity contribution in [1.82, 2.24) is 0 Å². The lowest BCUT2D eigenvalue weighted by molar-refractivity contribution is 0.605. The Kier molecular flexibility index (Phi) is 3.10. The van der Waals surface area contributed by atoms with E-state index in [1.807, 2.05) is 0 Å². The SMILES string of the molecule is CC1=CC=CC(C)C1c1cc(C)c(N)c(C)c1. The maximum Gasteiger partial charge on any atom is 0.0373 e. The summed E-state index contributed by atoms with van der Waals surface area (Å²) < 4.78 is 0. The predicted octanol–water partition coefficient (Wildman–Crippen LogP) is 4.12. The molecule has 1 aromatic rings. The number of benzene rings is 1. The summed E-state index contributed by atoms with van der Waals surface area (Å²) in [7, 11) is 0. The number of hydrogen-bond acceptors (Lipinski definition) is 1. The van der Waals surface area contributed by atoms with Gasteiger partial charge in [-0.25, -0.2) is 0 Å². The van der Waals surface area contributed by atoms with Gasteiger partial charge >= 0.3 is 0 Å². The molecule has 0 saturated heterocycles. The predicted molar refractivity (Wildman–Crippen MR) is 75.1 cm³/mol. The fourth-order valence-electron chi connectivity index (χ4n) is 2.77. The minimum Gasteiger partial charge on any atom is -0.398 e. The van der Waals surface area contributed by atoms with E-state index in [-0.39, 0.29) is 0 Å². The Morgan fingerprint density at radius 1 is 1.06 bits per heavy atom. The molecule has 0 saturated carbocycles. The molecule has 1 aromatic carbocycles. The highest BCUT2D eigenvalue weighted by Gasteiger charge is 2.21. The largest absolute Gasteiger partial charge is 0.398 e. The van der Waals surface area contributed by atoms with Gasteiger partial charge in [-0.3, -0.25) is 0 Å². The van der Waals surface area contributed by atoms with E-state index in [0.29, 0.717) is 11.8 Å². The summed E-state index contributed by atoms with van der Waals surface area (Å²) in [6.07, 6.45) is 6.65. The normalized spacial score (nSPS) is 23.6. The van der Waals surface area contributed by atoms with E-state index in [0.717, 1.165) is 5.69 Å². The molecule has 0 spiro atoms. The van der Waals surface area contributed by atoms with Crippen LogP contribution in [0.5, 0.6) is 0 Å². The molecule has 0 aliphatic heterocycles. The van der Waals surface area contributed by atoms with Crippen LogP contribution in [0.3, 0.4) is 0 Å². The smallest absolute Gasteiger partial charge is 0.0373 e. The zero-order chi connectivity index (χ0) is 12.6. The first-order chi connectivity index (χ1) is 8.00. The number of allylic oxidation sites excluding steroid dienone is 4. The minimum atomic E-state index is 0.498. The quantitative estimate of drug-likeness (QED) is 0.717. The van der Waals surface area contributed by atoms with Gasteiger partial charge in [0.25, 0.3) is 0 Å². The summed E-state index contributed by atoms with van der Waals surface area (Å²) in [5, 5.41) is 0. The van der Waals surface area contributed by atoms with Crippen LogP contribution in [0.25, 0.3) is 0 Å². The first kappa shape index (κ1) is 12.0. The van der Waals surface area contributed by atoms with Crippen LogP contribution >= 0.6 is 0 Å². The molecule has 0 heterocycles. The lowest BCUT2D eigenvalue weighted by atomic mass is 9.78. The van der Waals surface area contributed by atoms with Gasteiger partial charge in [-0.1, -0.05) is 42.9 Å². The van der Waals surface area contributed by atoms with E-state index in [1.54, 1.807) is 0 Å². The highest BCUT2D eigenvalue weighted by molar-refractivity contribution is 5.56. The van der Waals surface area contributed by atoms with Gasteiger partial charge in [0, 0.05) is 11.6 Å². The first-order valence-corrected chi connectivity index (χ1v) is 6.22. The zero-order valence-electron chi connectivity index (χ0n) is 11.1. The van der Waals surface area contributed by atoms with E-state index >= 15 is 0 Å². The Morgan fingerprint density at radius 2 is 1.65 bits per heavy atom. The van der Waals surface area contributed by atoms with Gasteiger partial charge in [-0.15, -0.1) is 0 Å². The van der Waals surface area contributed by atoms with Crippen LogP contribution in [0.1, 0.15) is 36.5 Å². The Bertz CT molecular complexity index is 471. The van der Waals surface area contributed by atoms with Crippen molar-refractivity contribution in [1.29, 1.82) is 0 Å². The third-order valence-electron chi connectivity index (χ3n) is 3.77. The second-order valence-electron chi connectivity index (χ2n) is 5.20. The fraction of sp³-hybridized carbons (Fsp3) is 0.375. The maximum absolute atomic E-state index is 6.02. The molecule has 17 heavy (non-hydrogen) atoms. The monoisotopic (exact) mass is 227 g/mol. The lowest BCUT2D eigenvalue weighted by Gasteiger charge is -2.26. The van der Waals surface area contributed by atoms with Crippen molar-refractivity contribution >= 4 is 5.69 Å². The maximum atomic E-state index is 6.02. The van der Waals surface area contributed by atoms with Crippen molar-refractivity contribution in [2.75, 3.05) is 5.73 Å². The summed E-state index contributed by atoms with van der Waals surface area (Å²) >= 11 is 0. The van der Waals surface area contributed by atoms with Crippen molar-refractivity contribution < 1.29 is 0 Å². The Hall–Kier alpha value is -1.50. The highest BCUT2D eigenvalue weighted by atomic mass is 14.6. The molecule has 2 unspecified atom stereocenters. The fourth-order valence-corrected chi connectivity index (χ4v) is 2.77. The molecule has 0 fully saturated rings. The molecule has 1 nitrogen and oxygen atoms in total. The van der Waals surface area contributed by atoms with Gasteiger partial charge < -0.3 is 5.73 Å². The topological polar surface area (TPSA) is 26.0 Å². The van der Waals surface area contributed by atoms with Gasteiger partial charge in [0.2, 0.25) is 0 Å². The molecule has 0 aromatic heterocycles. The standard InChI is InChI=1S/C16H21N/c1-10-6-5-7-11(2)15(10)14-8-12(3)16(17)13(4)9-14/h5-10,15H,17H2,1-4H3. The van der Waals surface area contributed by atoms with E-state index in [2.05, 4.69) is 58.1 Å². The van der Waals surface area contributed by atoms with E-state index < -0.39 is 0 Å². The lowest BCUT2D eigenvalue weighted by Crippen LogP contribution is -2.12. The molecule has 0 bridgehead atoms. The van der Waals surface area contributed by atoms with Crippen LogP contribution in [0.4, 0.5) is 5.69 Å². The van der Waals surface area contributed by atoms with E-state index in [4.69, 9.17) is 5.73 Å². The second-order valence-corrected chi connectivity index (χ2v) is 5.20. The molecule has 1 heteroatoms. The van der Waals surface area contributed by atoms with Gasteiger partial charge in [0.05, 0.1) is 0 Å². The van der Waals surface area contributed by atoms with Crippen molar-refractivity contribution in [2.45, 2.75) is 33.6 Å². The van der Waals surface area contributed by atoms with Crippen LogP contribution < -0.4 is 5.73 Å². The summed E-state index contributed by atoms with van der Waals surface area (Å²) in [5.41, 5.74) is 12.1. The summed E-state index contributed by atoms with van der Waals surface area (Å²) in [5.74, 6) is 1.06. The Labute approximate surface area is 104 Å². The van der Waals surface area contributed by atoms with Gasteiger partial charge in [0.15, 0.2) is 0 Å². The highest BCUT2D eigenvalue weighted by Crippen LogP contribution is 2.37. The van der Waals surface area contributed by atoms with Gasteiger partial charge in [0.1, 0.15) is 0 Å². The third-order valence-corrected chi connectivity index (χ3v) is 3.77. The molecule has 0 amide bonds. The van der Waals surface area contributed by atoms with Crippen LogP contribution in [0.2, 0.25) is 0 Å². The van der Waals surface area contributed by atoms with Crippen LogP contribution in [0.15, 0.2) is 35.9 Å². The number of nitrogen functional groups attached to an aromatic ring is 1. The average molecular weight is 227 g/mol. The zero-order valence-corrected chi connectivity index (χ0v) is 11.1. The minimum absolute atomic E-state index is 0.498. The molecular formula is C16H21N. The van der Waals surface area contributed by atoms with Crippen molar-refractivity contribution in [3.63, 3.8) is 0 Å². The second kappa shape index (κ2) is 4.40. The summed E-state index contributed by atoms with van der Waals surface area (Å²) in [6, 6.07) is 4.47. The van der Waals surface area contributed by atoms with Crippen molar-refractivity contribution in [3.8, 4) is 0 Å². The number of anilines is 1. The first-order valence-electron chi connectivity index (χ1n) is 6.22. The summed E-state index contributed by atoms with van der Waals surface area (Å²) in [4.78, 5) is 0. The number of hydrogen-bond donors (Lipinski definition) is 1. The molecule has 2 atom stereocenters. The Morgan fingerprint density at radius 3 is 2.18 bits per heavy atom. The third kappa shape index (κ3) is 2.14. The van der Waals surface area contributed by atoms with Gasteiger partial charge in [-0.2, -0.15) is 0 Å². The van der Waals surface area contributed by atoms with Crippen LogP contribution in [-0.2, 0) is 0 Å². The van der Waals surface area contributed by atoms with Crippen molar-refractivity contribution in [3.05, 3.63) is 52.6 Å². The van der Waals surface area contributed by atoms with Crippen LogP contribution in [-0.4, -0.2) is 0 Å². The number of aryl methyl sites for hydroxylation is 2. The molecule has 1 aliphatic rings. The van der Waals surface area contributed by atoms with Gasteiger partial charge in [-0.05, 0) is 43.4 Å². The molecule has 2 rings (SSSR count). The Balaban J connectivity index is 2.47. The molecule has 0 radical (unpaired) electrons. The molecule has 1 aliphatic carbocycles. The molecular weight excluding hydrogens is 206 g/mol. The summed E-state index contributed by atoms with van der Waals surface area (Å²) in [6.45, 7) is 8.67. The van der Waals surface area contributed by atoms with E-state index in [1.165, 1.54) is 22.3 Å². The number of rotatable bonds is 1.